The molecule has 0 spiro atoms. The molecule has 1 atom stereocenters. The van der Waals surface area contributed by atoms with Crippen molar-refractivity contribution in [3.05, 3.63) is 48.9 Å². The molecule has 0 aliphatic carbocycles. The number of aliphatic hydroxyl groups excluding tert-OH is 1. The fourth-order valence-electron chi connectivity index (χ4n) is 0.786. The van der Waals surface area contributed by atoms with Crippen LogP contribution in [0.4, 0.5) is 0 Å². The van der Waals surface area contributed by atoms with Gasteiger partial charge >= 0.3 is 0 Å². The molecule has 1 radical (unpaired) electrons. The molecule has 0 saturated heterocycles. The van der Waals surface area contributed by atoms with Crippen molar-refractivity contribution in [1.29, 1.82) is 0 Å². The van der Waals surface area contributed by atoms with Crippen LogP contribution in [0.1, 0.15) is 5.56 Å². The standard InChI is InChI=1S/C10H11O/c1-9(11)7-8-10-5-3-2-4-6-10/h2-9,11H,1H2. The van der Waals surface area contributed by atoms with Crippen molar-refractivity contribution in [1.82, 2.24) is 0 Å². The third kappa shape index (κ3) is 3.01. The highest BCUT2D eigenvalue weighted by Gasteiger charge is 1.85. The van der Waals surface area contributed by atoms with Gasteiger partial charge in [-0.1, -0.05) is 42.5 Å². The van der Waals surface area contributed by atoms with E-state index in [1.54, 1.807) is 6.08 Å². The van der Waals surface area contributed by atoms with Crippen LogP contribution in [0.5, 0.6) is 0 Å². The fraction of sp³-hybridized carbons (Fsp3) is 0.100. The van der Waals surface area contributed by atoms with Crippen LogP contribution in [0.2, 0.25) is 0 Å². The van der Waals surface area contributed by atoms with Gasteiger partial charge in [-0.05, 0) is 12.5 Å². The summed E-state index contributed by atoms with van der Waals surface area (Å²) in [6, 6.07) is 9.81. The average molecular weight is 147 g/mol. The SMILES string of the molecule is [CH2]C(O)C=Cc1ccccc1. The molecule has 11 heavy (non-hydrogen) atoms. The zero-order valence-corrected chi connectivity index (χ0v) is 6.27. The predicted molar refractivity (Wildman–Crippen MR) is 46.8 cm³/mol. The minimum absolute atomic E-state index is 0.616. The molecule has 1 N–H and O–H groups in total. The minimum atomic E-state index is -0.616. The van der Waals surface area contributed by atoms with E-state index in [4.69, 9.17) is 5.11 Å². The zero-order chi connectivity index (χ0) is 8.10. The molecule has 1 heteroatoms. The molecule has 57 valence electrons. The molecule has 1 unspecified atom stereocenters. The topological polar surface area (TPSA) is 20.2 Å². The summed E-state index contributed by atoms with van der Waals surface area (Å²) < 4.78 is 0. The van der Waals surface area contributed by atoms with Crippen molar-refractivity contribution in [3.63, 3.8) is 0 Å². The smallest absolute Gasteiger partial charge is 0.0725 e. The normalized spacial score (nSPS) is 13.6. The van der Waals surface area contributed by atoms with Crippen molar-refractivity contribution in [2.75, 3.05) is 0 Å². The average Bonchev–Trinajstić information content (AvgIpc) is 2.03. The van der Waals surface area contributed by atoms with E-state index in [0.717, 1.165) is 5.56 Å². The van der Waals surface area contributed by atoms with E-state index in [1.807, 2.05) is 36.4 Å². The van der Waals surface area contributed by atoms with Crippen molar-refractivity contribution in [2.24, 2.45) is 0 Å². The van der Waals surface area contributed by atoms with Gasteiger partial charge in [0.25, 0.3) is 0 Å². The monoisotopic (exact) mass is 147 g/mol. The maximum Gasteiger partial charge on any atom is 0.0725 e. The van der Waals surface area contributed by atoms with Gasteiger partial charge < -0.3 is 5.11 Å². The lowest BCUT2D eigenvalue weighted by atomic mass is 10.2. The fourth-order valence-corrected chi connectivity index (χ4v) is 0.786. The van der Waals surface area contributed by atoms with Crippen LogP contribution in [0, 0.1) is 6.92 Å². The van der Waals surface area contributed by atoms with Gasteiger partial charge in [-0.25, -0.2) is 0 Å². The highest BCUT2D eigenvalue weighted by molar-refractivity contribution is 5.49. The second kappa shape index (κ2) is 3.94. The Bertz CT molecular complexity index is 224. The molecular formula is C10H11O. The van der Waals surface area contributed by atoms with Crippen LogP contribution in [0.15, 0.2) is 36.4 Å². The number of aliphatic hydroxyl groups is 1. The van der Waals surface area contributed by atoms with Gasteiger partial charge in [0, 0.05) is 0 Å². The molecule has 0 saturated carbocycles. The second-order valence-electron chi connectivity index (χ2n) is 2.34. The molecule has 0 aliphatic rings. The molecule has 0 aromatic heterocycles. The largest absolute Gasteiger partial charge is 0.389 e. The van der Waals surface area contributed by atoms with Crippen molar-refractivity contribution in [2.45, 2.75) is 6.10 Å². The Hall–Kier alpha value is -1.08. The number of hydrogen-bond acceptors (Lipinski definition) is 1. The van der Waals surface area contributed by atoms with Crippen molar-refractivity contribution < 1.29 is 5.11 Å². The molecule has 0 heterocycles. The molecule has 1 rings (SSSR count). The van der Waals surface area contributed by atoms with E-state index in [-0.39, 0.29) is 0 Å². The Morgan fingerprint density at radius 3 is 2.45 bits per heavy atom. The second-order valence-corrected chi connectivity index (χ2v) is 2.34. The molecule has 1 aromatic rings. The van der Waals surface area contributed by atoms with Crippen LogP contribution in [-0.2, 0) is 0 Å². The number of hydrogen-bond donors (Lipinski definition) is 1. The molecule has 0 amide bonds. The summed E-state index contributed by atoms with van der Waals surface area (Å²) in [6.45, 7) is 3.42. The summed E-state index contributed by atoms with van der Waals surface area (Å²) in [7, 11) is 0. The van der Waals surface area contributed by atoms with Crippen molar-refractivity contribution in [3.8, 4) is 0 Å². The molecule has 1 aromatic carbocycles. The predicted octanol–water partition coefficient (Wildman–Crippen LogP) is 1.89. The van der Waals surface area contributed by atoms with Gasteiger partial charge in [0.15, 0.2) is 0 Å². The summed E-state index contributed by atoms with van der Waals surface area (Å²) in [5.74, 6) is 0. The molecule has 0 fully saturated rings. The highest BCUT2D eigenvalue weighted by atomic mass is 16.3. The van der Waals surface area contributed by atoms with Gasteiger partial charge in [-0.2, -0.15) is 0 Å². The Morgan fingerprint density at radius 2 is 1.91 bits per heavy atom. The molecular weight excluding hydrogens is 136 g/mol. The first-order chi connectivity index (χ1) is 5.29. The Balaban J connectivity index is 2.65. The Kier molecular flexibility index (Phi) is 2.87. The third-order valence-electron chi connectivity index (χ3n) is 1.31. The molecule has 0 aliphatic heterocycles. The van der Waals surface area contributed by atoms with Crippen LogP contribution in [0.25, 0.3) is 6.08 Å². The van der Waals surface area contributed by atoms with E-state index in [2.05, 4.69) is 6.92 Å². The summed E-state index contributed by atoms with van der Waals surface area (Å²) in [6.07, 6.45) is 2.88. The maximum absolute atomic E-state index is 8.82. The maximum atomic E-state index is 8.82. The molecule has 1 nitrogen and oxygen atoms in total. The van der Waals surface area contributed by atoms with Crippen molar-refractivity contribution >= 4 is 6.08 Å². The lowest BCUT2D eigenvalue weighted by Gasteiger charge is -1.93. The molecule has 0 bridgehead atoms. The first-order valence-corrected chi connectivity index (χ1v) is 3.53. The Labute approximate surface area is 67.0 Å². The van der Waals surface area contributed by atoms with Gasteiger partial charge in [-0.15, -0.1) is 0 Å². The summed E-state index contributed by atoms with van der Waals surface area (Å²) >= 11 is 0. The van der Waals surface area contributed by atoms with Gasteiger partial charge in [-0.3, -0.25) is 0 Å². The number of rotatable bonds is 2. The van der Waals surface area contributed by atoms with E-state index in [9.17, 15) is 0 Å². The summed E-state index contributed by atoms with van der Waals surface area (Å²) in [4.78, 5) is 0. The van der Waals surface area contributed by atoms with Crippen LogP contribution >= 0.6 is 0 Å². The van der Waals surface area contributed by atoms with E-state index < -0.39 is 6.10 Å². The van der Waals surface area contributed by atoms with Crippen LogP contribution in [-0.4, -0.2) is 11.2 Å². The van der Waals surface area contributed by atoms with Crippen LogP contribution < -0.4 is 0 Å². The first-order valence-electron chi connectivity index (χ1n) is 3.53. The van der Waals surface area contributed by atoms with E-state index in [1.165, 1.54) is 0 Å². The number of benzene rings is 1. The van der Waals surface area contributed by atoms with Gasteiger partial charge in [0.1, 0.15) is 0 Å². The zero-order valence-electron chi connectivity index (χ0n) is 6.27. The van der Waals surface area contributed by atoms with Gasteiger partial charge in [0.2, 0.25) is 0 Å². The van der Waals surface area contributed by atoms with Crippen LogP contribution in [0.3, 0.4) is 0 Å². The van der Waals surface area contributed by atoms with E-state index >= 15 is 0 Å². The van der Waals surface area contributed by atoms with Gasteiger partial charge in [0.05, 0.1) is 6.10 Å². The summed E-state index contributed by atoms with van der Waals surface area (Å²) in [5, 5.41) is 8.82. The first kappa shape index (κ1) is 8.02. The lowest BCUT2D eigenvalue weighted by molar-refractivity contribution is 0.270. The summed E-state index contributed by atoms with van der Waals surface area (Å²) in [5.41, 5.74) is 1.08. The van der Waals surface area contributed by atoms with E-state index in [0.29, 0.717) is 0 Å². The third-order valence-corrected chi connectivity index (χ3v) is 1.31. The minimum Gasteiger partial charge on any atom is -0.389 e. The Morgan fingerprint density at radius 1 is 1.27 bits per heavy atom. The highest BCUT2D eigenvalue weighted by Crippen LogP contribution is 2.01. The quantitative estimate of drug-likeness (QED) is 0.677. The lowest BCUT2D eigenvalue weighted by Crippen LogP contribution is -1.91.